The molecule has 1 aromatic rings. The number of benzene rings is 1. The van der Waals surface area contributed by atoms with Crippen LogP contribution in [0.15, 0.2) is 29.2 Å². The molecule has 0 spiro atoms. The molecule has 2 heterocycles. The monoisotopic (exact) mass is 424 g/mol. The average Bonchev–Trinajstić information content (AvgIpc) is 3.15. The summed E-state index contributed by atoms with van der Waals surface area (Å²) in [5.74, 6) is 1.62. The maximum Gasteiger partial charge on any atom is 0.243 e. The largest absolute Gasteiger partial charge is 0.771 e. The van der Waals surface area contributed by atoms with Gasteiger partial charge in [0.2, 0.25) is 10.0 Å². The van der Waals surface area contributed by atoms with Crippen molar-refractivity contribution >= 4 is 21.8 Å². The molecule has 1 atom stereocenters. The van der Waals surface area contributed by atoms with Crippen molar-refractivity contribution in [2.75, 3.05) is 37.8 Å². The molecule has 1 N–H and O–H groups in total. The van der Waals surface area contributed by atoms with Gasteiger partial charge in [0, 0.05) is 43.9 Å². The summed E-state index contributed by atoms with van der Waals surface area (Å²) in [5.41, 5.74) is 3.77. The van der Waals surface area contributed by atoms with Crippen LogP contribution in [0.2, 0.25) is 0 Å². The highest BCUT2D eigenvalue weighted by molar-refractivity contribution is 7.99. The minimum absolute atomic E-state index is 0.0815. The van der Waals surface area contributed by atoms with Crippen molar-refractivity contribution in [1.29, 1.82) is 5.26 Å². The molecule has 1 aromatic carbocycles. The first-order valence-electron chi connectivity index (χ1n) is 9.40. The maximum absolute atomic E-state index is 12.8. The smallest absolute Gasteiger partial charge is 0.243 e. The predicted molar refractivity (Wildman–Crippen MR) is 110 cm³/mol. The zero-order chi connectivity index (χ0) is 20.1. The first-order chi connectivity index (χ1) is 13.4. The Morgan fingerprint density at radius 3 is 2.82 bits per heavy atom. The zero-order valence-corrected chi connectivity index (χ0v) is 17.6. The van der Waals surface area contributed by atoms with E-state index in [2.05, 4.69) is 16.4 Å². The van der Waals surface area contributed by atoms with Crippen molar-refractivity contribution in [3.63, 3.8) is 0 Å². The standard InChI is InChI=1S/C18H26N5O3S2/c1-15-3-2-4-18(11-15)28(25,26)22-8-5-16(6-9-22)23(24)20-7-10-21-14-27-13-17(21)12-19/h2-4,11,16-17,20H,5-10,13-14H2,1H3/q-1. The van der Waals surface area contributed by atoms with Gasteiger partial charge in [-0.05, 0) is 37.5 Å². The molecule has 2 fully saturated rings. The first kappa shape index (κ1) is 21.5. The third kappa shape index (κ3) is 5.04. The molecule has 2 aliphatic rings. The van der Waals surface area contributed by atoms with E-state index in [9.17, 15) is 13.6 Å². The van der Waals surface area contributed by atoms with Gasteiger partial charge < -0.3 is 10.4 Å². The quantitative estimate of drug-likeness (QED) is 0.655. The van der Waals surface area contributed by atoms with Crippen LogP contribution in [0.25, 0.3) is 0 Å². The van der Waals surface area contributed by atoms with Crippen LogP contribution in [-0.4, -0.2) is 72.7 Å². The summed E-state index contributed by atoms with van der Waals surface area (Å²) in [6.45, 7) is 3.65. The predicted octanol–water partition coefficient (Wildman–Crippen LogP) is 1.35. The first-order valence-corrected chi connectivity index (χ1v) is 12.0. The Morgan fingerprint density at radius 2 is 2.14 bits per heavy atom. The van der Waals surface area contributed by atoms with Crippen LogP contribution < -0.4 is 5.43 Å². The molecular weight excluding hydrogens is 398 g/mol. The van der Waals surface area contributed by atoms with E-state index < -0.39 is 10.0 Å². The fourth-order valence-corrected chi connectivity index (χ4v) is 6.22. The lowest BCUT2D eigenvalue weighted by molar-refractivity contribution is 0.132. The van der Waals surface area contributed by atoms with E-state index in [0.29, 0.717) is 43.9 Å². The molecule has 154 valence electrons. The molecule has 8 nitrogen and oxygen atoms in total. The lowest BCUT2D eigenvalue weighted by Gasteiger charge is -2.42. The van der Waals surface area contributed by atoms with Crippen molar-refractivity contribution in [2.24, 2.45) is 0 Å². The normalized spacial score (nSPS) is 22.6. The summed E-state index contributed by atoms with van der Waals surface area (Å²) in [5, 5.41) is 22.3. The summed E-state index contributed by atoms with van der Waals surface area (Å²) < 4.78 is 27.0. The highest BCUT2D eigenvalue weighted by Crippen LogP contribution is 2.23. The number of nitrogens with zero attached hydrogens (tertiary/aromatic N) is 4. The number of hydrogen-bond donors (Lipinski definition) is 1. The molecule has 0 aliphatic carbocycles. The van der Waals surface area contributed by atoms with Gasteiger partial charge >= 0.3 is 0 Å². The van der Waals surface area contributed by atoms with Crippen LogP contribution in [-0.2, 0) is 10.0 Å². The minimum atomic E-state index is -3.52. The molecule has 10 heteroatoms. The Bertz CT molecular complexity index is 806. The lowest BCUT2D eigenvalue weighted by Crippen LogP contribution is -2.50. The van der Waals surface area contributed by atoms with E-state index in [1.165, 1.54) is 4.31 Å². The third-order valence-electron chi connectivity index (χ3n) is 5.17. The van der Waals surface area contributed by atoms with Crippen molar-refractivity contribution in [2.45, 2.75) is 36.7 Å². The SMILES string of the molecule is Cc1cccc(S(=O)(=O)N2CCC(N([O-])NCCN3CSCC3C#N)CC2)c1. The van der Waals surface area contributed by atoms with Crippen LogP contribution in [0.5, 0.6) is 0 Å². The van der Waals surface area contributed by atoms with Gasteiger partial charge in [0.15, 0.2) is 0 Å². The Kier molecular flexibility index (Phi) is 7.33. The number of hydroxylamine groups is 1. The molecule has 28 heavy (non-hydrogen) atoms. The van der Waals surface area contributed by atoms with Crippen LogP contribution >= 0.6 is 11.8 Å². The van der Waals surface area contributed by atoms with Gasteiger partial charge in [-0.3, -0.25) is 10.3 Å². The van der Waals surface area contributed by atoms with Crippen molar-refractivity contribution < 1.29 is 8.42 Å². The minimum Gasteiger partial charge on any atom is -0.771 e. The second-order valence-electron chi connectivity index (χ2n) is 7.14. The maximum atomic E-state index is 12.8. The number of hydrogen-bond acceptors (Lipinski definition) is 8. The molecule has 2 aliphatic heterocycles. The number of aryl methyl sites for hydroxylation is 1. The highest BCUT2D eigenvalue weighted by Gasteiger charge is 2.30. The van der Waals surface area contributed by atoms with Gasteiger partial charge in [-0.25, -0.2) is 8.42 Å². The Morgan fingerprint density at radius 1 is 1.39 bits per heavy atom. The number of thioether (sulfide) groups is 1. The molecule has 2 saturated heterocycles. The molecule has 1 unspecified atom stereocenters. The number of hydrazine groups is 1. The van der Waals surface area contributed by atoms with Gasteiger partial charge in [0.05, 0.1) is 11.0 Å². The van der Waals surface area contributed by atoms with Crippen LogP contribution in [0, 0.1) is 23.5 Å². The van der Waals surface area contributed by atoms with Gasteiger partial charge in [-0.15, -0.1) is 11.8 Å². The molecule has 0 amide bonds. The summed E-state index contributed by atoms with van der Waals surface area (Å²) in [7, 11) is -3.52. The summed E-state index contributed by atoms with van der Waals surface area (Å²) >= 11 is 1.72. The Hall–Kier alpha value is -1.19. The van der Waals surface area contributed by atoms with Crippen LogP contribution in [0.1, 0.15) is 18.4 Å². The van der Waals surface area contributed by atoms with Crippen LogP contribution in [0.4, 0.5) is 0 Å². The van der Waals surface area contributed by atoms with E-state index >= 15 is 0 Å². The van der Waals surface area contributed by atoms with E-state index in [4.69, 9.17) is 5.26 Å². The van der Waals surface area contributed by atoms with Crippen molar-refractivity contribution in [3.05, 3.63) is 35.0 Å². The lowest BCUT2D eigenvalue weighted by atomic mass is 10.1. The topological polar surface area (TPSA) is 103 Å². The number of sulfonamides is 1. The third-order valence-corrected chi connectivity index (χ3v) is 8.13. The van der Waals surface area contributed by atoms with Gasteiger partial charge in [0.25, 0.3) is 0 Å². The molecule has 0 radical (unpaired) electrons. The fourth-order valence-electron chi connectivity index (χ4n) is 3.49. The number of nitrogens with one attached hydrogen (secondary N) is 1. The number of piperidine rings is 1. The van der Waals surface area contributed by atoms with E-state index in [0.717, 1.165) is 22.4 Å². The van der Waals surface area contributed by atoms with Crippen molar-refractivity contribution in [3.8, 4) is 6.07 Å². The molecular formula is C18H26N5O3S2-. The summed E-state index contributed by atoms with van der Waals surface area (Å²) in [6.07, 6.45) is 0.976. The summed E-state index contributed by atoms with van der Waals surface area (Å²) in [6, 6.07) is 8.84. The van der Waals surface area contributed by atoms with E-state index in [1.54, 1.807) is 30.0 Å². The van der Waals surface area contributed by atoms with Crippen molar-refractivity contribution in [1.82, 2.24) is 19.8 Å². The Labute approximate surface area is 171 Å². The van der Waals surface area contributed by atoms with Gasteiger partial charge in [-0.2, -0.15) is 9.57 Å². The fraction of sp³-hybridized carbons (Fsp3) is 0.611. The summed E-state index contributed by atoms with van der Waals surface area (Å²) in [4.78, 5) is 2.36. The average molecular weight is 425 g/mol. The number of nitriles is 1. The molecule has 0 bridgehead atoms. The Balaban J connectivity index is 1.46. The highest BCUT2D eigenvalue weighted by atomic mass is 32.2. The van der Waals surface area contributed by atoms with Crippen LogP contribution in [0.3, 0.4) is 0 Å². The van der Waals surface area contributed by atoms with Gasteiger partial charge in [0.1, 0.15) is 6.04 Å². The number of rotatable bonds is 7. The van der Waals surface area contributed by atoms with E-state index in [1.807, 2.05) is 13.0 Å². The zero-order valence-electron chi connectivity index (χ0n) is 16.0. The van der Waals surface area contributed by atoms with E-state index in [-0.39, 0.29) is 12.1 Å². The second kappa shape index (κ2) is 9.54. The molecule has 3 rings (SSSR count). The second-order valence-corrected chi connectivity index (χ2v) is 10.1. The van der Waals surface area contributed by atoms with Gasteiger partial charge in [-0.1, -0.05) is 12.1 Å². The molecule has 0 aromatic heterocycles. The molecule has 0 saturated carbocycles.